The normalized spacial score (nSPS) is 16.4. The van der Waals surface area contributed by atoms with Crippen LogP contribution in [0.3, 0.4) is 0 Å². The van der Waals surface area contributed by atoms with Crippen LogP contribution in [0.1, 0.15) is 18.4 Å². The zero-order valence-electron chi connectivity index (χ0n) is 9.72. The zero-order valence-corrected chi connectivity index (χ0v) is 9.72. The molecule has 5 nitrogen and oxygen atoms in total. The molecule has 0 heterocycles. The van der Waals surface area contributed by atoms with Gasteiger partial charge in [-0.05, 0) is 36.6 Å². The zero-order chi connectivity index (χ0) is 13.2. The maximum absolute atomic E-state index is 11.6. The molecule has 18 heavy (non-hydrogen) atoms. The molecule has 0 atom stereocenters. The summed E-state index contributed by atoms with van der Waals surface area (Å²) in [6.45, 7) is 0. The third kappa shape index (κ3) is 2.68. The lowest BCUT2D eigenvalue weighted by molar-refractivity contribution is -0.142. The molecular weight excluding hydrogens is 232 g/mol. The number of aliphatic carboxylic acids is 1. The van der Waals surface area contributed by atoms with Crippen molar-refractivity contribution in [3.05, 3.63) is 35.9 Å². The lowest BCUT2D eigenvalue weighted by Gasteiger charge is -2.09. The number of benzene rings is 1. The minimum atomic E-state index is -1.04. The summed E-state index contributed by atoms with van der Waals surface area (Å²) < 4.78 is 0. The molecule has 0 aliphatic heterocycles. The summed E-state index contributed by atoms with van der Waals surface area (Å²) in [7, 11) is 0. The quantitative estimate of drug-likeness (QED) is 0.546. The van der Waals surface area contributed by atoms with Crippen molar-refractivity contribution in [2.45, 2.75) is 18.4 Å². The van der Waals surface area contributed by atoms with Crippen molar-refractivity contribution in [1.82, 2.24) is 5.32 Å². The van der Waals surface area contributed by atoms with Gasteiger partial charge in [-0.3, -0.25) is 4.79 Å². The van der Waals surface area contributed by atoms with E-state index < -0.39 is 17.4 Å². The van der Waals surface area contributed by atoms with Crippen molar-refractivity contribution in [3.8, 4) is 0 Å². The average molecular weight is 246 g/mol. The van der Waals surface area contributed by atoms with Crippen LogP contribution in [0.15, 0.2) is 30.3 Å². The molecule has 94 valence electrons. The van der Waals surface area contributed by atoms with Crippen LogP contribution in [-0.4, -0.2) is 22.5 Å². The number of carbonyl (C=O) groups excluding carboxylic acids is 1. The molecule has 1 amide bonds. The Labute approximate surface area is 104 Å². The molecule has 1 aliphatic carbocycles. The number of anilines is 1. The first kappa shape index (κ1) is 12.2. The predicted molar refractivity (Wildman–Crippen MR) is 67.6 cm³/mol. The molecule has 1 fully saturated rings. The Balaban J connectivity index is 1.95. The highest BCUT2D eigenvalue weighted by atomic mass is 16.4. The standard InChI is InChI=1S/C13H14N2O3/c14-10-4-1-9(2-5-10)3-6-11(16)15-13(7-8-13)12(17)18/h1-6H,7-8,14H2,(H,15,16)(H,17,18)/b6-3+. The topological polar surface area (TPSA) is 92.4 Å². The van der Waals surface area contributed by atoms with Gasteiger partial charge < -0.3 is 16.2 Å². The van der Waals surface area contributed by atoms with Crippen LogP contribution < -0.4 is 11.1 Å². The first-order chi connectivity index (χ1) is 8.52. The van der Waals surface area contributed by atoms with Crippen molar-refractivity contribution in [2.75, 3.05) is 5.73 Å². The van der Waals surface area contributed by atoms with Crippen molar-refractivity contribution in [2.24, 2.45) is 0 Å². The fourth-order valence-corrected chi connectivity index (χ4v) is 1.57. The van der Waals surface area contributed by atoms with Crippen LogP contribution in [-0.2, 0) is 9.59 Å². The van der Waals surface area contributed by atoms with E-state index in [1.54, 1.807) is 30.3 Å². The molecule has 0 unspecified atom stereocenters. The highest BCUT2D eigenvalue weighted by Crippen LogP contribution is 2.35. The fraction of sp³-hybridized carbons (Fsp3) is 0.231. The number of carboxylic acids is 1. The summed E-state index contributed by atoms with van der Waals surface area (Å²) in [5, 5.41) is 11.4. The molecule has 0 bridgehead atoms. The van der Waals surface area contributed by atoms with Gasteiger partial charge in [-0.1, -0.05) is 12.1 Å². The first-order valence-electron chi connectivity index (χ1n) is 5.61. The Morgan fingerprint density at radius 2 is 1.89 bits per heavy atom. The van der Waals surface area contributed by atoms with Gasteiger partial charge in [0, 0.05) is 11.8 Å². The number of hydrogen-bond donors (Lipinski definition) is 3. The van der Waals surface area contributed by atoms with Gasteiger partial charge in [0.15, 0.2) is 0 Å². The van der Waals surface area contributed by atoms with E-state index in [1.807, 2.05) is 0 Å². The smallest absolute Gasteiger partial charge is 0.329 e. The Bertz CT molecular complexity index is 501. The molecule has 1 aromatic carbocycles. The minimum Gasteiger partial charge on any atom is -0.480 e. The van der Waals surface area contributed by atoms with Crippen molar-refractivity contribution in [1.29, 1.82) is 0 Å². The van der Waals surface area contributed by atoms with Crippen LogP contribution in [0.25, 0.3) is 6.08 Å². The summed E-state index contributed by atoms with van der Waals surface area (Å²) in [6, 6.07) is 7.03. The van der Waals surface area contributed by atoms with Gasteiger partial charge in [0.05, 0.1) is 0 Å². The highest BCUT2D eigenvalue weighted by Gasteiger charge is 2.51. The molecule has 0 aromatic heterocycles. The SMILES string of the molecule is Nc1ccc(/C=C/C(=O)NC2(C(=O)O)CC2)cc1. The molecule has 1 aromatic rings. The summed E-state index contributed by atoms with van der Waals surface area (Å²) in [6.07, 6.45) is 3.93. The summed E-state index contributed by atoms with van der Waals surface area (Å²) in [5.41, 5.74) is 5.98. The number of hydrogen-bond acceptors (Lipinski definition) is 3. The molecule has 0 radical (unpaired) electrons. The minimum absolute atomic E-state index is 0.397. The summed E-state index contributed by atoms with van der Waals surface area (Å²) >= 11 is 0. The molecule has 4 N–H and O–H groups in total. The van der Waals surface area contributed by atoms with Crippen molar-refractivity contribution < 1.29 is 14.7 Å². The van der Waals surface area contributed by atoms with E-state index in [9.17, 15) is 9.59 Å². The Morgan fingerprint density at radius 3 is 2.39 bits per heavy atom. The maximum Gasteiger partial charge on any atom is 0.329 e. The summed E-state index contributed by atoms with van der Waals surface area (Å²) in [5.74, 6) is -1.37. The van der Waals surface area contributed by atoms with Gasteiger partial charge in [-0.2, -0.15) is 0 Å². The number of nitrogen functional groups attached to an aromatic ring is 1. The number of rotatable bonds is 4. The fourth-order valence-electron chi connectivity index (χ4n) is 1.57. The lowest BCUT2D eigenvalue weighted by Crippen LogP contribution is -2.42. The van der Waals surface area contributed by atoms with Crippen molar-refractivity contribution >= 4 is 23.6 Å². The van der Waals surface area contributed by atoms with E-state index in [1.165, 1.54) is 6.08 Å². The van der Waals surface area contributed by atoms with Crippen LogP contribution in [0.5, 0.6) is 0 Å². The van der Waals surface area contributed by atoms with Crippen LogP contribution >= 0.6 is 0 Å². The molecule has 1 aliphatic rings. The number of amides is 1. The molecular formula is C13H14N2O3. The second kappa shape index (κ2) is 4.52. The number of carboxylic acid groups (broad SMARTS) is 1. The molecule has 2 rings (SSSR count). The average Bonchev–Trinajstić information content (AvgIpc) is 3.09. The van der Waals surface area contributed by atoms with E-state index in [4.69, 9.17) is 10.8 Å². The van der Waals surface area contributed by atoms with Gasteiger partial charge in [-0.25, -0.2) is 4.79 Å². The van der Waals surface area contributed by atoms with Crippen LogP contribution in [0.2, 0.25) is 0 Å². The first-order valence-corrected chi connectivity index (χ1v) is 5.61. The van der Waals surface area contributed by atoms with E-state index in [0.29, 0.717) is 18.5 Å². The monoisotopic (exact) mass is 246 g/mol. The molecule has 0 saturated heterocycles. The van der Waals surface area contributed by atoms with Crippen LogP contribution in [0.4, 0.5) is 5.69 Å². The number of nitrogens with two attached hydrogens (primary N) is 1. The van der Waals surface area contributed by atoms with Crippen molar-refractivity contribution in [3.63, 3.8) is 0 Å². The number of carbonyl (C=O) groups is 2. The lowest BCUT2D eigenvalue weighted by atomic mass is 10.2. The third-order valence-corrected chi connectivity index (χ3v) is 2.89. The predicted octanol–water partition coefficient (Wildman–Crippen LogP) is 1.02. The van der Waals surface area contributed by atoms with E-state index in [2.05, 4.69) is 5.32 Å². The third-order valence-electron chi connectivity index (χ3n) is 2.89. The summed E-state index contributed by atoms with van der Waals surface area (Å²) in [4.78, 5) is 22.4. The van der Waals surface area contributed by atoms with E-state index in [0.717, 1.165) is 5.56 Å². The Hall–Kier alpha value is -2.30. The van der Waals surface area contributed by atoms with Gasteiger partial charge in [-0.15, -0.1) is 0 Å². The van der Waals surface area contributed by atoms with Gasteiger partial charge in [0.25, 0.3) is 0 Å². The van der Waals surface area contributed by atoms with Gasteiger partial charge in [0.1, 0.15) is 5.54 Å². The Kier molecular flexibility index (Phi) is 3.06. The second-order valence-corrected chi connectivity index (χ2v) is 4.38. The van der Waals surface area contributed by atoms with Crippen LogP contribution in [0, 0.1) is 0 Å². The van der Waals surface area contributed by atoms with E-state index >= 15 is 0 Å². The van der Waals surface area contributed by atoms with Gasteiger partial charge >= 0.3 is 5.97 Å². The maximum atomic E-state index is 11.6. The molecule has 1 saturated carbocycles. The van der Waals surface area contributed by atoms with E-state index in [-0.39, 0.29) is 0 Å². The largest absolute Gasteiger partial charge is 0.480 e. The second-order valence-electron chi connectivity index (χ2n) is 4.38. The molecule has 5 heteroatoms. The highest BCUT2D eigenvalue weighted by molar-refractivity contribution is 5.97. The molecule has 0 spiro atoms. The van der Waals surface area contributed by atoms with Gasteiger partial charge in [0.2, 0.25) is 5.91 Å². The number of nitrogens with one attached hydrogen (secondary N) is 1. The Morgan fingerprint density at radius 1 is 1.28 bits per heavy atom.